The van der Waals surface area contributed by atoms with Crippen molar-refractivity contribution in [1.29, 1.82) is 0 Å². The Balaban J connectivity index is 4.76. The van der Waals surface area contributed by atoms with Crippen molar-refractivity contribution >= 4 is 48.9 Å². The van der Waals surface area contributed by atoms with Crippen LogP contribution in [0, 0.1) is 0 Å². The summed E-state index contributed by atoms with van der Waals surface area (Å²) in [5.41, 5.74) is 5.40. The highest BCUT2D eigenvalue weighted by Gasteiger charge is 2.27. The van der Waals surface area contributed by atoms with Crippen molar-refractivity contribution in [3.05, 3.63) is 0 Å². The number of aliphatic carboxylic acids is 1. The van der Waals surface area contributed by atoms with Crippen molar-refractivity contribution < 1.29 is 24.3 Å². The molecule has 0 aliphatic carbocycles. The minimum atomic E-state index is -1.21. The van der Waals surface area contributed by atoms with Gasteiger partial charge in [0.1, 0.15) is 18.1 Å². The number of hydrogen-bond acceptors (Lipinski definition) is 7. The van der Waals surface area contributed by atoms with E-state index in [1.165, 1.54) is 13.8 Å². The van der Waals surface area contributed by atoms with Crippen molar-refractivity contribution in [3.63, 3.8) is 0 Å². The first kappa shape index (κ1) is 21.5. The van der Waals surface area contributed by atoms with Gasteiger partial charge in [-0.25, -0.2) is 0 Å². The summed E-state index contributed by atoms with van der Waals surface area (Å²) in [5, 5.41) is 15.7. The molecule has 4 atom stereocenters. The molecule has 0 radical (unpaired) electrons. The van der Waals surface area contributed by atoms with Crippen molar-refractivity contribution in [3.8, 4) is 0 Å². The van der Waals surface area contributed by atoms with E-state index >= 15 is 0 Å². The third-order valence-electron chi connectivity index (χ3n) is 2.77. The number of rotatable bonds is 9. The fourth-order valence-corrected chi connectivity index (χ4v) is 1.85. The fourth-order valence-electron chi connectivity index (χ4n) is 1.34. The van der Waals surface area contributed by atoms with E-state index in [0.29, 0.717) is 0 Å². The lowest BCUT2D eigenvalue weighted by atomic mass is 10.2. The van der Waals surface area contributed by atoms with Crippen molar-refractivity contribution in [2.24, 2.45) is 5.73 Å². The predicted molar refractivity (Wildman–Crippen MR) is 90.5 cm³/mol. The monoisotopic (exact) mass is 366 g/mol. The smallest absolute Gasteiger partial charge is 0.325 e. The van der Waals surface area contributed by atoms with E-state index in [2.05, 4.69) is 41.2 Å². The average Bonchev–Trinajstić information content (AvgIpc) is 2.48. The van der Waals surface area contributed by atoms with Gasteiger partial charge in [-0.2, -0.15) is 25.3 Å². The summed E-state index contributed by atoms with van der Waals surface area (Å²) in [6.07, 6.45) is 0. The first-order valence-electron chi connectivity index (χ1n) is 6.75. The van der Waals surface area contributed by atoms with E-state index in [0.717, 1.165) is 0 Å². The molecule has 0 saturated carbocycles. The minimum absolute atomic E-state index is 0.00324. The molecular weight excluding hydrogens is 344 g/mol. The van der Waals surface area contributed by atoms with Gasteiger partial charge in [0.25, 0.3) is 0 Å². The minimum Gasteiger partial charge on any atom is -0.480 e. The topological polar surface area (TPSA) is 151 Å². The van der Waals surface area contributed by atoms with Gasteiger partial charge in [0.15, 0.2) is 0 Å². The first-order valence-corrected chi connectivity index (χ1v) is 8.01. The molecule has 0 spiro atoms. The summed E-state index contributed by atoms with van der Waals surface area (Å²) >= 11 is 7.92. The number of nitrogens with one attached hydrogen (secondary N) is 3. The maximum absolute atomic E-state index is 12.1. The molecule has 0 aliphatic heterocycles. The molecule has 0 fully saturated rings. The molecule has 0 bridgehead atoms. The Morgan fingerprint density at radius 1 is 0.913 bits per heavy atom. The molecule has 6 N–H and O–H groups in total. The second-order valence-electron chi connectivity index (χ2n) is 4.84. The molecule has 3 amide bonds. The predicted octanol–water partition coefficient (Wildman–Crippen LogP) is -2.25. The first-order chi connectivity index (χ1) is 10.6. The second-order valence-corrected chi connectivity index (χ2v) is 5.57. The number of nitrogens with two attached hydrogens (primary N) is 1. The highest BCUT2D eigenvalue weighted by Crippen LogP contribution is 1.96. The largest absolute Gasteiger partial charge is 0.480 e. The third kappa shape index (κ3) is 7.57. The Bertz CT molecular complexity index is 461. The van der Waals surface area contributed by atoms with Gasteiger partial charge in [-0.05, 0) is 13.8 Å². The summed E-state index contributed by atoms with van der Waals surface area (Å²) in [4.78, 5) is 46.2. The Kier molecular flexibility index (Phi) is 9.68. The van der Waals surface area contributed by atoms with Gasteiger partial charge in [-0.1, -0.05) is 0 Å². The quantitative estimate of drug-likeness (QED) is 0.229. The molecule has 0 aromatic carbocycles. The van der Waals surface area contributed by atoms with Crippen LogP contribution in [0.2, 0.25) is 0 Å². The third-order valence-corrected chi connectivity index (χ3v) is 3.50. The Labute approximate surface area is 144 Å². The van der Waals surface area contributed by atoms with Crippen LogP contribution in [0.3, 0.4) is 0 Å². The SMILES string of the molecule is CC(N)C(=O)NC(CS)C(=O)NC(CS)C(=O)NC(C)C(=O)O. The zero-order chi connectivity index (χ0) is 18.2. The molecule has 0 heterocycles. The van der Waals surface area contributed by atoms with Crippen LogP contribution in [0.1, 0.15) is 13.8 Å². The maximum atomic E-state index is 12.1. The lowest BCUT2D eigenvalue weighted by Crippen LogP contribution is -2.57. The van der Waals surface area contributed by atoms with Gasteiger partial charge in [0.2, 0.25) is 17.7 Å². The number of carboxylic acids is 1. The van der Waals surface area contributed by atoms with Crippen LogP contribution >= 0.6 is 25.3 Å². The lowest BCUT2D eigenvalue weighted by molar-refractivity contribution is -0.141. The van der Waals surface area contributed by atoms with Gasteiger partial charge >= 0.3 is 5.97 Å². The second kappa shape index (κ2) is 10.3. The highest BCUT2D eigenvalue weighted by molar-refractivity contribution is 7.80. The van der Waals surface area contributed by atoms with E-state index in [-0.39, 0.29) is 11.5 Å². The Morgan fingerprint density at radius 3 is 1.65 bits per heavy atom. The molecule has 0 saturated heterocycles. The summed E-state index contributed by atoms with van der Waals surface area (Å²) in [5.74, 6) is -3.14. The average molecular weight is 366 g/mol. The maximum Gasteiger partial charge on any atom is 0.325 e. The molecule has 11 heteroatoms. The van der Waals surface area contributed by atoms with Crippen LogP contribution in [-0.2, 0) is 19.2 Å². The molecule has 0 aromatic rings. The van der Waals surface area contributed by atoms with E-state index in [4.69, 9.17) is 10.8 Å². The van der Waals surface area contributed by atoms with Crippen molar-refractivity contribution in [2.45, 2.75) is 38.0 Å². The van der Waals surface area contributed by atoms with E-state index < -0.39 is 47.9 Å². The summed E-state index contributed by atoms with van der Waals surface area (Å²) in [7, 11) is 0. The lowest BCUT2D eigenvalue weighted by Gasteiger charge is -2.22. The summed E-state index contributed by atoms with van der Waals surface area (Å²) in [6, 6.07) is -3.95. The molecule has 4 unspecified atom stereocenters. The standard InChI is InChI=1S/C12H22N4O5S2/c1-5(13)9(17)15-8(4-23)11(19)16-7(3-22)10(18)14-6(2)12(20)21/h5-8,22-23H,3-4,13H2,1-2H3,(H,14,18)(H,15,17)(H,16,19)(H,20,21). The zero-order valence-corrected chi connectivity index (χ0v) is 14.6. The van der Waals surface area contributed by atoms with Gasteiger partial charge in [0, 0.05) is 11.5 Å². The number of carboxylic acid groups (broad SMARTS) is 1. The Hall–Kier alpha value is -1.46. The van der Waals surface area contributed by atoms with E-state index in [1.807, 2.05) is 0 Å². The van der Waals surface area contributed by atoms with Crippen LogP contribution in [0.5, 0.6) is 0 Å². The molecule has 23 heavy (non-hydrogen) atoms. The number of thiol groups is 2. The summed E-state index contributed by atoms with van der Waals surface area (Å²) < 4.78 is 0. The number of carbonyl (C=O) groups is 4. The van der Waals surface area contributed by atoms with Crippen molar-refractivity contribution in [2.75, 3.05) is 11.5 Å². The number of hydrogen-bond donors (Lipinski definition) is 7. The van der Waals surface area contributed by atoms with Gasteiger partial charge in [-0.15, -0.1) is 0 Å². The van der Waals surface area contributed by atoms with Crippen molar-refractivity contribution in [1.82, 2.24) is 16.0 Å². The van der Waals surface area contributed by atoms with Crippen LogP contribution in [0.25, 0.3) is 0 Å². The Morgan fingerprint density at radius 2 is 1.30 bits per heavy atom. The van der Waals surface area contributed by atoms with E-state index in [9.17, 15) is 19.2 Å². The fraction of sp³-hybridized carbons (Fsp3) is 0.667. The molecule has 0 aliphatic rings. The van der Waals surface area contributed by atoms with Crippen LogP contribution in [-0.4, -0.2) is 64.5 Å². The molecular formula is C12H22N4O5S2. The highest BCUT2D eigenvalue weighted by atomic mass is 32.1. The summed E-state index contributed by atoms with van der Waals surface area (Å²) in [6.45, 7) is 2.75. The van der Waals surface area contributed by atoms with Crippen LogP contribution in [0.4, 0.5) is 0 Å². The molecule has 9 nitrogen and oxygen atoms in total. The molecule has 132 valence electrons. The van der Waals surface area contributed by atoms with E-state index in [1.54, 1.807) is 0 Å². The molecule has 0 aromatic heterocycles. The van der Waals surface area contributed by atoms with Crippen LogP contribution in [0.15, 0.2) is 0 Å². The number of carbonyl (C=O) groups excluding carboxylic acids is 3. The van der Waals surface area contributed by atoms with Gasteiger partial charge in [0.05, 0.1) is 6.04 Å². The number of amides is 3. The zero-order valence-electron chi connectivity index (χ0n) is 12.8. The molecule has 0 rings (SSSR count). The van der Waals surface area contributed by atoms with Crippen LogP contribution < -0.4 is 21.7 Å². The normalized spacial score (nSPS) is 15.7. The van der Waals surface area contributed by atoms with Gasteiger partial charge < -0.3 is 26.8 Å². The van der Waals surface area contributed by atoms with Gasteiger partial charge in [-0.3, -0.25) is 19.2 Å².